The molecule has 1 aromatic carbocycles. The molecule has 142 valence electrons. The molecule has 1 aliphatic carbocycles. The number of carbonyl (C=O) groups excluding carboxylic acids is 2. The lowest BCUT2D eigenvalue weighted by Crippen LogP contribution is -2.52. The van der Waals surface area contributed by atoms with Crippen molar-refractivity contribution in [3.8, 4) is 5.75 Å². The van der Waals surface area contributed by atoms with Crippen LogP contribution in [0.3, 0.4) is 0 Å². The zero-order valence-electron chi connectivity index (χ0n) is 15.9. The lowest BCUT2D eigenvalue weighted by Gasteiger charge is -2.37. The van der Waals surface area contributed by atoms with Crippen LogP contribution in [0.4, 0.5) is 5.69 Å². The summed E-state index contributed by atoms with van der Waals surface area (Å²) in [6, 6.07) is 7.48. The number of anilines is 1. The van der Waals surface area contributed by atoms with Crippen LogP contribution in [0.1, 0.15) is 33.1 Å². The molecule has 0 bridgehead atoms. The van der Waals surface area contributed by atoms with Crippen molar-refractivity contribution in [2.24, 2.45) is 5.92 Å². The second kappa shape index (κ2) is 7.98. The summed E-state index contributed by atoms with van der Waals surface area (Å²) in [5.74, 6) is 0.873. The van der Waals surface area contributed by atoms with Gasteiger partial charge in [-0.15, -0.1) is 0 Å². The van der Waals surface area contributed by atoms with Gasteiger partial charge in [-0.3, -0.25) is 9.59 Å². The molecule has 6 heteroatoms. The van der Waals surface area contributed by atoms with E-state index in [1.54, 1.807) is 18.9 Å². The number of para-hydroxylation sites is 2. The van der Waals surface area contributed by atoms with Crippen molar-refractivity contribution in [3.63, 3.8) is 0 Å². The predicted molar refractivity (Wildman–Crippen MR) is 101 cm³/mol. The highest BCUT2D eigenvalue weighted by atomic mass is 16.5. The van der Waals surface area contributed by atoms with Gasteiger partial charge in [-0.2, -0.15) is 0 Å². The summed E-state index contributed by atoms with van der Waals surface area (Å²) in [6.45, 7) is 6.00. The second-order valence-corrected chi connectivity index (χ2v) is 7.32. The van der Waals surface area contributed by atoms with Crippen LogP contribution in [0, 0.1) is 5.92 Å². The Labute approximate surface area is 155 Å². The normalized spacial score (nSPS) is 20.4. The fourth-order valence-corrected chi connectivity index (χ4v) is 3.56. The highest BCUT2D eigenvalue weighted by Gasteiger charge is 2.30. The SMILES string of the molecule is CCN1C[C@@H](CN(C)C(=O)[C@H](C)NC(=O)C2CCC2)Oc2ccccc21. The topological polar surface area (TPSA) is 61.9 Å². The number of amides is 2. The maximum Gasteiger partial charge on any atom is 0.244 e. The van der Waals surface area contributed by atoms with Gasteiger partial charge in [0, 0.05) is 19.5 Å². The minimum atomic E-state index is -0.508. The molecule has 1 aromatic rings. The quantitative estimate of drug-likeness (QED) is 0.844. The summed E-state index contributed by atoms with van der Waals surface area (Å²) in [4.78, 5) is 28.6. The van der Waals surface area contributed by atoms with Crippen LogP contribution in [0.15, 0.2) is 24.3 Å². The third-order valence-corrected chi connectivity index (χ3v) is 5.36. The van der Waals surface area contributed by atoms with Crippen LogP contribution in [0.5, 0.6) is 5.75 Å². The molecule has 0 radical (unpaired) electrons. The van der Waals surface area contributed by atoms with Gasteiger partial charge in [0.1, 0.15) is 17.9 Å². The highest BCUT2D eigenvalue weighted by Crippen LogP contribution is 2.32. The Morgan fingerprint density at radius 1 is 1.35 bits per heavy atom. The standard InChI is InChI=1S/C20H29N3O3/c1-4-23-13-16(26-18-11-6-5-10-17(18)23)12-22(3)20(25)14(2)21-19(24)15-8-7-9-15/h5-6,10-11,14-16H,4,7-9,12-13H2,1-3H3,(H,21,24)/t14-,16+/m0/s1. The third-order valence-electron chi connectivity index (χ3n) is 5.36. The molecule has 2 aliphatic rings. The summed E-state index contributed by atoms with van der Waals surface area (Å²) in [5.41, 5.74) is 1.10. The molecule has 0 aromatic heterocycles. The highest BCUT2D eigenvalue weighted by molar-refractivity contribution is 5.88. The Morgan fingerprint density at radius 3 is 2.73 bits per heavy atom. The number of ether oxygens (including phenoxy) is 1. The number of fused-ring (bicyclic) bond motifs is 1. The fourth-order valence-electron chi connectivity index (χ4n) is 3.56. The maximum atomic E-state index is 12.6. The van der Waals surface area contributed by atoms with Crippen molar-refractivity contribution < 1.29 is 14.3 Å². The minimum Gasteiger partial charge on any atom is -0.485 e. The molecule has 26 heavy (non-hydrogen) atoms. The first-order valence-electron chi connectivity index (χ1n) is 9.55. The van der Waals surface area contributed by atoms with Crippen LogP contribution < -0.4 is 15.0 Å². The molecular formula is C20H29N3O3. The van der Waals surface area contributed by atoms with Crippen molar-refractivity contribution in [2.45, 2.75) is 45.3 Å². The Morgan fingerprint density at radius 2 is 2.08 bits per heavy atom. The molecule has 1 N–H and O–H groups in total. The monoisotopic (exact) mass is 359 g/mol. The first-order chi connectivity index (χ1) is 12.5. The zero-order chi connectivity index (χ0) is 18.7. The van der Waals surface area contributed by atoms with Crippen LogP contribution in [0.2, 0.25) is 0 Å². The number of nitrogens with zero attached hydrogens (tertiary/aromatic N) is 2. The van der Waals surface area contributed by atoms with Gasteiger partial charge in [0.2, 0.25) is 11.8 Å². The van der Waals surface area contributed by atoms with E-state index >= 15 is 0 Å². The first kappa shape index (κ1) is 18.5. The van der Waals surface area contributed by atoms with E-state index in [0.717, 1.165) is 43.8 Å². The van der Waals surface area contributed by atoms with E-state index in [1.807, 2.05) is 18.2 Å². The van der Waals surface area contributed by atoms with Gasteiger partial charge in [-0.05, 0) is 38.8 Å². The van der Waals surface area contributed by atoms with Crippen LogP contribution in [-0.2, 0) is 9.59 Å². The van der Waals surface area contributed by atoms with Gasteiger partial charge >= 0.3 is 0 Å². The molecule has 1 saturated carbocycles. The Hall–Kier alpha value is -2.24. The number of likely N-dealkylation sites (N-methyl/N-ethyl adjacent to an activating group) is 2. The molecule has 1 fully saturated rings. The molecular weight excluding hydrogens is 330 g/mol. The zero-order valence-corrected chi connectivity index (χ0v) is 15.9. The van der Waals surface area contributed by atoms with Crippen molar-refractivity contribution in [1.29, 1.82) is 0 Å². The van der Waals surface area contributed by atoms with Crippen molar-refractivity contribution in [1.82, 2.24) is 10.2 Å². The van der Waals surface area contributed by atoms with E-state index in [4.69, 9.17) is 4.74 Å². The van der Waals surface area contributed by atoms with E-state index in [9.17, 15) is 9.59 Å². The molecule has 1 aliphatic heterocycles. The van der Waals surface area contributed by atoms with Crippen molar-refractivity contribution in [3.05, 3.63) is 24.3 Å². The largest absolute Gasteiger partial charge is 0.485 e. The lowest BCUT2D eigenvalue weighted by atomic mass is 9.84. The number of nitrogens with one attached hydrogen (secondary N) is 1. The molecule has 3 rings (SSSR count). The number of rotatable bonds is 6. The number of benzene rings is 1. The molecule has 2 amide bonds. The average molecular weight is 359 g/mol. The van der Waals surface area contributed by atoms with Gasteiger partial charge in [0.05, 0.1) is 18.8 Å². The van der Waals surface area contributed by atoms with E-state index < -0.39 is 6.04 Å². The van der Waals surface area contributed by atoms with E-state index in [0.29, 0.717) is 6.54 Å². The summed E-state index contributed by atoms with van der Waals surface area (Å²) < 4.78 is 6.09. The van der Waals surface area contributed by atoms with Crippen LogP contribution in [-0.4, -0.2) is 55.5 Å². The fraction of sp³-hybridized carbons (Fsp3) is 0.600. The van der Waals surface area contributed by atoms with Crippen molar-refractivity contribution in [2.75, 3.05) is 31.6 Å². The number of hydrogen-bond donors (Lipinski definition) is 1. The van der Waals surface area contributed by atoms with Gasteiger partial charge in [0.15, 0.2) is 0 Å². The van der Waals surface area contributed by atoms with E-state index in [2.05, 4.69) is 23.2 Å². The smallest absolute Gasteiger partial charge is 0.244 e. The number of hydrogen-bond acceptors (Lipinski definition) is 4. The summed E-state index contributed by atoms with van der Waals surface area (Å²) in [7, 11) is 1.77. The molecule has 1 heterocycles. The number of carbonyl (C=O) groups is 2. The first-order valence-corrected chi connectivity index (χ1v) is 9.55. The third kappa shape index (κ3) is 3.94. The molecule has 2 atom stereocenters. The second-order valence-electron chi connectivity index (χ2n) is 7.32. The maximum absolute atomic E-state index is 12.6. The Kier molecular flexibility index (Phi) is 5.69. The minimum absolute atomic E-state index is 0.00509. The average Bonchev–Trinajstić information content (AvgIpc) is 2.58. The molecule has 0 saturated heterocycles. The van der Waals surface area contributed by atoms with Crippen LogP contribution >= 0.6 is 0 Å². The summed E-state index contributed by atoms with van der Waals surface area (Å²) in [6.07, 6.45) is 2.89. The predicted octanol–water partition coefficient (Wildman–Crippen LogP) is 2.04. The van der Waals surface area contributed by atoms with Gasteiger partial charge in [0.25, 0.3) is 0 Å². The van der Waals surface area contributed by atoms with Gasteiger partial charge in [-0.1, -0.05) is 18.6 Å². The van der Waals surface area contributed by atoms with Crippen molar-refractivity contribution >= 4 is 17.5 Å². The molecule has 0 unspecified atom stereocenters. The summed E-state index contributed by atoms with van der Waals surface area (Å²) in [5, 5.41) is 2.85. The van der Waals surface area contributed by atoms with E-state index in [1.165, 1.54) is 0 Å². The van der Waals surface area contributed by atoms with Crippen LogP contribution in [0.25, 0.3) is 0 Å². The van der Waals surface area contributed by atoms with Gasteiger partial charge < -0.3 is 19.9 Å². The Balaban J connectivity index is 1.56. The van der Waals surface area contributed by atoms with Gasteiger partial charge in [-0.25, -0.2) is 0 Å². The summed E-state index contributed by atoms with van der Waals surface area (Å²) >= 11 is 0. The Bertz CT molecular complexity index is 659. The van der Waals surface area contributed by atoms with E-state index in [-0.39, 0.29) is 23.8 Å². The molecule has 0 spiro atoms. The lowest BCUT2D eigenvalue weighted by molar-refractivity contribution is -0.137. The molecule has 6 nitrogen and oxygen atoms in total.